The molecule has 19 heavy (non-hydrogen) atoms. The van der Waals surface area contributed by atoms with Crippen molar-refractivity contribution in [2.45, 2.75) is 13.0 Å². The van der Waals surface area contributed by atoms with E-state index in [0.29, 0.717) is 22.9 Å². The third kappa shape index (κ3) is 2.68. The van der Waals surface area contributed by atoms with Gasteiger partial charge in [0, 0.05) is 11.3 Å². The van der Waals surface area contributed by atoms with E-state index in [1.54, 1.807) is 25.3 Å². The van der Waals surface area contributed by atoms with Crippen molar-refractivity contribution in [3.05, 3.63) is 29.3 Å². The summed E-state index contributed by atoms with van der Waals surface area (Å²) in [5, 5.41) is 9.09. The summed E-state index contributed by atoms with van der Waals surface area (Å²) in [6.07, 6.45) is 0. The van der Waals surface area contributed by atoms with Crippen molar-refractivity contribution in [1.29, 1.82) is 0 Å². The van der Waals surface area contributed by atoms with E-state index in [1.807, 2.05) is 6.92 Å². The Kier molecular flexibility index (Phi) is 3.99. The SMILES string of the molecule is COc1cc(C(=O)N2CSC[C@H]2C(=O)O)ccc1C. The topological polar surface area (TPSA) is 66.8 Å². The zero-order valence-electron chi connectivity index (χ0n) is 10.8. The molecular weight excluding hydrogens is 266 g/mol. The van der Waals surface area contributed by atoms with E-state index in [9.17, 15) is 9.59 Å². The van der Waals surface area contributed by atoms with E-state index in [1.165, 1.54) is 16.7 Å². The summed E-state index contributed by atoms with van der Waals surface area (Å²) in [4.78, 5) is 24.8. The number of carbonyl (C=O) groups excluding carboxylic acids is 1. The minimum absolute atomic E-state index is 0.268. The first kappa shape index (κ1) is 13.7. The van der Waals surface area contributed by atoms with E-state index in [-0.39, 0.29) is 5.91 Å². The lowest BCUT2D eigenvalue weighted by molar-refractivity contribution is -0.140. The molecule has 1 atom stereocenters. The number of aryl methyl sites for hydroxylation is 1. The van der Waals surface area contributed by atoms with Crippen LogP contribution in [0.2, 0.25) is 0 Å². The molecule has 1 aliphatic rings. The highest BCUT2D eigenvalue weighted by molar-refractivity contribution is 7.99. The largest absolute Gasteiger partial charge is 0.496 e. The summed E-state index contributed by atoms with van der Waals surface area (Å²) in [6.45, 7) is 1.89. The maximum absolute atomic E-state index is 12.3. The molecule has 6 heteroatoms. The lowest BCUT2D eigenvalue weighted by Crippen LogP contribution is -2.41. The number of carboxylic acid groups (broad SMARTS) is 1. The fraction of sp³-hybridized carbons (Fsp3) is 0.385. The lowest BCUT2D eigenvalue weighted by Gasteiger charge is -2.20. The number of amides is 1. The Morgan fingerprint density at radius 3 is 2.84 bits per heavy atom. The molecule has 1 aromatic carbocycles. The van der Waals surface area contributed by atoms with Crippen LogP contribution >= 0.6 is 11.8 Å². The molecule has 1 saturated heterocycles. The number of rotatable bonds is 3. The van der Waals surface area contributed by atoms with Crippen LogP contribution in [0.15, 0.2) is 18.2 Å². The van der Waals surface area contributed by atoms with Crippen LogP contribution in [0.25, 0.3) is 0 Å². The highest BCUT2D eigenvalue weighted by atomic mass is 32.2. The molecule has 0 spiro atoms. The number of methoxy groups -OCH3 is 1. The number of nitrogens with zero attached hydrogens (tertiary/aromatic N) is 1. The zero-order chi connectivity index (χ0) is 14.0. The van der Waals surface area contributed by atoms with Gasteiger partial charge < -0.3 is 14.7 Å². The van der Waals surface area contributed by atoms with Gasteiger partial charge in [-0.1, -0.05) is 6.07 Å². The summed E-state index contributed by atoms with van der Waals surface area (Å²) in [5.41, 5.74) is 1.39. The van der Waals surface area contributed by atoms with Gasteiger partial charge in [-0.05, 0) is 24.6 Å². The lowest BCUT2D eigenvalue weighted by atomic mass is 10.1. The van der Waals surface area contributed by atoms with E-state index in [2.05, 4.69) is 0 Å². The predicted molar refractivity (Wildman–Crippen MR) is 72.6 cm³/mol. The second kappa shape index (κ2) is 5.52. The number of benzene rings is 1. The first-order valence-electron chi connectivity index (χ1n) is 5.80. The van der Waals surface area contributed by atoms with Gasteiger partial charge in [-0.15, -0.1) is 11.8 Å². The molecule has 0 radical (unpaired) electrons. The van der Waals surface area contributed by atoms with Gasteiger partial charge in [-0.2, -0.15) is 0 Å². The van der Waals surface area contributed by atoms with Gasteiger partial charge in [0.2, 0.25) is 0 Å². The van der Waals surface area contributed by atoms with Crippen LogP contribution < -0.4 is 4.74 Å². The summed E-state index contributed by atoms with van der Waals surface area (Å²) in [6, 6.07) is 4.40. The second-order valence-corrected chi connectivity index (χ2v) is 5.31. The summed E-state index contributed by atoms with van der Waals surface area (Å²) in [5.74, 6) is 0.244. The number of thioether (sulfide) groups is 1. The van der Waals surface area contributed by atoms with Crippen molar-refractivity contribution >= 4 is 23.6 Å². The van der Waals surface area contributed by atoms with Crippen LogP contribution in [0.1, 0.15) is 15.9 Å². The molecule has 0 bridgehead atoms. The van der Waals surface area contributed by atoms with Crippen LogP contribution in [-0.4, -0.2) is 46.7 Å². The van der Waals surface area contributed by atoms with Crippen molar-refractivity contribution in [1.82, 2.24) is 4.90 Å². The first-order chi connectivity index (χ1) is 9.04. The molecule has 1 aliphatic heterocycles. The summed E-state index contributed by atoms with van der Waals surface area (Å²) < 4.78 is 5.18. The molecule has 2 rings (SSSR count). The van der Waals surface area contributed by atoms with Crippen molar-refractivity contribution in [2.75, 3.05) is 18.7 Å². The van der Waals surface area contributed by atoms with Gasteiger partial charge in [-0.3, -0.25) is 4.79 Å². The van der Waals surface area contributed by atoms with Gasteiger partial charge in [0.15, 0.2) is 0 Å². The van der Waals surface area contributed by atoms with Crippen molar-refractivity contribution < 1.29 is 19.4 Å². The highest BCUT2D eigenvalue weighted by Gasteiger charge is 2.35. The molecule has 1 fully saturated rings. The van der Waals surface area contributed by atoms with Crippen molar-refractivity contribution in [2.24, 2.45) is 0 Å². The maximum atomic E-state index is 12.3. The number of carbonyl (C=O) groups is 2. The van der Waals surface area contributed by atoms with Gasteiger partial charge in [0.25, 0.3) is 5.91 Å². The number of ether oxygens (including phenoxy) is 1. The maximum Gasteiger partial charge on any atom is 0.327 e. The Morgan fingerprint density at radius 2 is 2.21 bits per heavy atom. The van der Waals surface area contributed by atoms with Crippen LogP contribution in [0.4, 0.5) is 0 Å². The second-order valence-electron chi connectivity index (χ2n) is 4.31. The number of hydrogen-bond donors (Lipinski definition) is 1. The Hall–Kier alpha value is -1.69. The number of carboxylic acids is 1. The normalized spacial score (nSPS) is 18.4. The van der Waals surface area contributed by atoms with Crippen LogP contribution in [0.3, 0.4) is 0 Å². The molecule has 1 aromatic rings. The fourth-order valence-corrected chi connectivity index (χ4v) is 3.11. The number of hydrogen-bond acceptors (Lipinski definition) is 4. The monoisotopic (exact) mass is 281 g/mol. The Morgan fingerprint density at radius 1 is 1.47 bits per heavy atom. The third-order valence-corrected chi connectivity index (χ3v) is 4.10. The Bertz CT molecular complexity index is 517. The molecular formula is C13H15NO4S. The van der Waals surface area contributed by atoms with E-state index in [4.69, 9.17) is 9.84 Å². The van der Waals surface area contributed by atoms with Gasteiger partial charge in [0.05, 0.1) is 13.0 Å². The average molecular weight is 281 g/mol. The molecule has 5 nitrogen and oxygen atoms in total. The Balaban J connectivity index is 2.26. The molecule has 1 heterocycles. The smallest absolute Gasteiger partial charge is 0.327 e. The fourth-order valence-electron chi connectivity index (χ4n) is 1.97. The molecule has 1 N–H and O–H groups in total. The highest BCUT2D eigenvalue weighted by Crippen LogP contribution is 2.25. The minimum Gasteiger partial charge on any atom is -0.496 e. The molecule has 0 aromatic heterocycles. The molecule has 0 saturated carbocycles. The summed E-state index contributed by atoms with van der Waals surface area (Å²) in [7, 11) is 1.54. The average Bonchev–Trinajstić information content (AvgIpc) is 2.87. The Labute approximate surface area is 115 Å². The zero-order valence-corrected chi connectivity index (χ0v) is 11.6. The summed E-state index contributed by atoms with van der Waals surface area (Å²) >= 11 is 1.45. The van der Waals surface area contributed by atoms with Crippen LogP contribution in [0.5, 0.6) is 5.75 Å². The van der Waals surface area contributed by atoms with Gasteiger partial charge in [-0.25, -0.2) is 4.79 Å². The molecule has 0 aliphatic carbocycles. The minimum atomic E-state index is -0.961. The van der Waals surface area contributed by atoms with Crippen molar-refractivity contribution in [3.8, 4) is 5.75 Å². The first-order valence-corrected chi connectivity index (χ1v) is 6.96. The third-order valence-electron chi connectivity index (χ3n) is 3.08. The van der Waals surface area contributed by atoms with E-state index >= 15 is 0 Å². The van der Waals surface area contributed by atoms with Gasteiger partial charge >= 0.3 is 5.97 Å². The van der Waals surface area contributed by atoms with Crippen molar-refractivity contribution in [3.63, 3.8) is 0 Å². The van der Waals surface area contributed by atoms with Crippen LogP contribution in [-0.2, 0) is 4.79 Å². The predicted octanol–water partition coefficient (Wildman–Crippen LogP) is 1.60. The van der Waals surface area contributed by atoms with E-state index < -0.39 is 12.0 Å². The number of aliphatic carboxylic acids is 1. The van der Waals surface area contributed by atoms with Crippen LogP contribution in [0, 0.1) is 6.92 Å². The van der Waals surface area contributed by atoms with E-state index in [0.717, 1.165) is 5.56 Å². The molecule has 0 unspecified atom stereocenters. The van der Waals surface area contributed by atoms with Gasteiger partial charge in [0.1, 0.15) is 11.8 Å². The quantitative estimate of drug-likeness (QED) is 0.911. The molecule has 102 valence electrons. The standard InChI is InChI=1S/C13H15NO4S/c1-8-3-4-9(5-11(8)18-2)12(15)14-7-19-6-10(14)13(16)17/h3-5,10H,6-7H2,1-2H3,(H,16,17)/t10-/m0/s1. The molecule has 1 amide bonds.